The van der Waals surface area contributed by atoms with E-state index in [4.69, 9.17) is 4.74 Å². The van der Waals surface area contributed by atoms with Crippen molar-refractivity contribution >= 4 is 11.6 Å². The van der Waals surface area contributed by atoms with Crippen molar-refractivity contribution in [1.29, 1.82) is 0 Å². The number of nitrogens with one attached hydrogen (secondary N) is 1. The summed E-state index contributed by atoms with van der Waals surface area (Å²) < 4.78 is 61.2. The number of nitrogens with zero attached hydrogens (tertiary/aromatic N) is 2. The quantitative estimate of drug-likeness (QED) is 0.619. The summed E-state index contributed by atoms with van der Waals surface area (Å²) in [4.78, 5) is 28.6. The number of aromatic nitrogens is 2. The second-order valence-electron chi connectivity index (χ2n) is 7.59. The van der Waals surface area contributed by atoms with Gasteiger partial charge in [-0.2, -0.15) is 13.2 Å². The number of ether oxygens (including phenoxy) is 1. The Balaban J connectivity index is 1.74. The second-order valence-corrected chi connectivity index (χ2v) is 7.59. The Morgan fingerprint density at radius 2 is 2.06 bits per heavy atom. The van der Waals surface area contributed by atoms with E-state index in [2.05, 4.69) is 10.3 Å². The van der Waals surface area contributed by atoms with Gasteiger partial charge in [0.1, 0.15) is 11.5 Å². The fraction of sp³-hybridized carbons (Fsp3) is 0.318. The number of benzene rings is 1. The van der Waals surface area contributed by atoms with Crippen molar-refractivity contribution in [2.45, 2.75) is 32.0 Å². The molecule has 4 rings (SSSR count). The molecule has 1 aromatic carbocycles. The summed E-state index contributed by atoms with van der Waals surface area (Å²) in [7, 11) is 0. The van der Waals surface area contributed by atoms with Crippen LogP contribution in [0.4, 0.5) is 17.6 Å². The molecule has 3 heterocycles. The first-order chi connectivity index (χ1) is 15.2. The average Bonchev–Trinajstić information content (AvgIpc) is 2.75. The SMILES string of the molecule is Cc1c(C(F)(F)F)nc2c(-c3ccc(C(=O)N[C@H]4CCCOC4)c(F)c3)cccn2c1=O. The Hall–Kier alpha value is -3.27. The highest BCUT2D eigenvalue weighted by molar-refractivity contribution is 5.95. The maximum absolute atomic E-state index is 14.8. The Kier molecular flexibility index (Phi) is 5.72. The molecule has 0 radical (unpaired) electrons. The van der Waals surface area contributed by atoms with E-state index in [9.17, 15) is 27.2 Å². The van der Waals surface area contributed by atoms with Gasteiger partial charge in [-0.1, -0.05) is 6.07 Å². The van der Waals surface area contributed by atoms with Crippen molar-refractivity contribution in [2.75, 3.05) is 13.2 Å². The molecule has 3 aromatic rings. The fourth-order valence-corrected chi connectivity index (χ4v) is 3.74. The third kappa shape index (κ3) is 4.10. The molecule has 1 fully saturated rings. The van der Waals surface area contributed by atoms with E-state index >= 15 is 0 Å². The van der Waals surface area contributed by atoms with Crippen molar-refractivity contribution in [3.05, 3.63) is 69.5 Å². The first kappa shape index (κ1) is 21.9. The smallest absolute Gasteiger partial charge is 0.379 e. The van der Waals surface area contributed by atoms with Gasteiger partial charge in [-0.05, 0) is 49.6 Å². The molecule has 0 saturated carbocycles. The minimum atomic E-state index is -4.82. The first-order valence-corrected chi connectivity index (χ1v) is 9.94. The number of hydrogen-bond donors (Lipinski definition) is 1. The van der Waals surface area contributed by atoms with Gasteiger partial charge in [0.15, 0.2) is 5.69 Å². The molecule has 0 spiro atoms. The lowest BCUT2D eigenvalue weighted by Crippen LogP contribution is -2.40. The van der Waals surface area contributed by atoms with Gasteiger partial charge < -0.3 is 10.1 Å². The van der Waals surface area contributed by atoms with Gasteiger partial charge in [-0.25, -0.2) is 9.37 Å². The number of hydrogen-bond acceptors (Lipinski definition) is 4. The lowest BCUT2D eigenvalue weighted by atomic mass is 10.0. The Labute approximate surface area is 179 Å². The van der Waals surface area contributed by atoms with Crippen molar-refractivity contribution in [2.24, 2.45) is 0 Å². The number of fused-ring (bicyclic) bond motifs is 1. The highest BCUT2D eigenvalue weighted by Crippen LogP contribution is 2.31. The predicted molar refractivity (Wildman–Crippen MR) is 108 cm³/mol. The van der Waals surface area contributed by atoms with Crippen LogP contribution in [0.2, 0.25) is 0 Å². The highest BCUT2D eigenvalue weighted by atomic mass is 19.4. The zero-order valence-electron chi connectivity index (χ0n) is 17.0. The summed E-state index contributed by atoms with van der Waals surface area (Å²) in [6.07, 6.45) is -2.01. The molecule has 1 N–H and O–H groups in total. The van der Waals surface area contributed by atoms with Crippen molar-refractivity contribution in [3.8, 4) is 11.1 Å². The summed E-state index contributed by atoms with van der Waals surface area (Å²) in [6, 6.07) is 6.38. The third-order valence-corrected chi connectivity index (χ3v) is 5.37. The molecule has 1 aliphatic heterocycles. The second kappa shape index (κ2) is 8.34. The molecule has 2 aromatic heterocycles. The van der Waals surface area contributed by atoms with E-state index < -0.39 is 34.7 Å². The van der Waals surface area contributed by atoms with Crippen LogP contribution in [0.3, 0.4) is 0 Å². The molecule has 6 nitrogen and oxygen atoms in total. The molecule has 32 heavy (non-hydrogen) atoms. The summed E-state index contributed by atoms with van der Waals surface area (Å²) in [5.41, 5.74) is -2.83. The summed E-state index contributed by atoms with van der Waals surface area (Å²) in [5, 5.41) is 2.72. The van der Waals surface area contributed by atoms with E-state index in [0.29, 0.717) is 13.2 Å². The largest absolute Gasteiger partial charge is 0.433 e. The lowest BCUT2D eigenvalue weighted by Gasteiger charge is -2.23. The summed E-state index contributed by atoms with van der Waals surface area (Å²) >= 11 is 0. The van der Waals surface area contributed by atoms with Gasteiger partial charge in [-0.3, -0.25) is 14.0 Å². The fourth-order valence-electron chi connectivity index (χ4n) is 3.74. The maximum Gasteiger partial charge on any atom is 0.433 e. The zero-order valence-corrected chi connectivity index (χ0v) is 17.0. The number of rotatable bonds is 3. The molecule has 1 amide bonds. The third-order valence-electron chi connectivity index (χ3n) is 5.37. The summed E-state index contributed by atoms with van der Waals surface area (Å²) in [6.45, 7) is 2.03. The van der Waals surface area contributed by atoms with E-state index in [0.717, 1.165) is 30.2 Å². The minimum Gasteiger partial charge on any atom is -0.379 e. The van der Waals surface area contributed by atoms with Crippen LogP contribution in [0, 0.1) is 12.7 Å². The zero-order chi connectivity index (χ0) is 23.0. The standard InChI is InChI=1S/C22H19F4N3O3/c1-12-18(22(24,25)26)28-19-15(5-2-8-29(19)21(12)31)13-6-7-16(17(23)10-13)20(30)27-14-4-3-9-32-11-14/h2,5-8,10,14H,3-4,9,11H2,1H3,(H,27,30)/t14-/m0/s1. The van der Waals surface area contributed by atoms with Gasteiger partial charge in [0.05, 0.1) is 18.2 Å². The first-order valence-electron chi connectivity index (χ1n) is 9.94. The molecule has 1 saturated heterocycles. The van der Waals surface area contributed by atoms with E-state index in [1.165, 1.54) is 30.5 Å². The number of alkyl halides is 3. The van der Waals surface area contributed by atoms with Crippen LogP contribution >= 0.6 is 0 Å². The molecular weight excluding hydrogens is 430 g/mol. The van der Waals surface area contributed by atoms with Crippen LogP contribution in [0.5, 0.6) is 0 Å². The van der Waals surface area contributed by atoms with E-state index in [-0.39, 0.29) is 28.4 Å². The molecular formula is C22H19F4N3O3. The monoisotopic (exact) mass is 449 g/mol. The van der Waals surface area contributed by atoms with Crippen LogP contribution in [0.25, 0.3) is 16.8 Å². The van der Waals surface area contributed by atoms with Crippen LogP contribution in [0.15, 0.2) is 41.3 Å². The number of halogens is 4. The molecule has 0 bridgehead atoms. The number of amides is 1. The van der Waals surface area contributed by atoms with Crippen LogP contribution < -0.4 is 10.9 Å². The van der Waals surface area contributed by atoms with Gasteiger partial charge in [-0.15, -0.1) is 0 Å². The van der Waals surface area contributed by atoms with Crippen LogP contribution in [0.1, 0.15) is 34.5 Å². The molecule has 10 heteroatoms. The topological polar surface area (TPSA) is 72.7 Å². The molecule has 168 valence electrons. The predicted octanol–water partition coefficient (Wildman–Crippen LogP) is 3.74. The maximum atomic E-state index is 14.8. The van der Waals surface area contributed by atoms with Crippen molar-refractivity contribution in [3.63, 3.8) is 0 Å². The molecule has 0 unspecified atom stereocenters. The van der Waals surface area contributed by atoms with Gasteiger partial charge in [0.25, 0.3) is 11.5 Å². The average molecular weight is 449 g/mol. The Bertz CT molecular complexity index is 1250. The normalized spacial score (nSPS) is 16.8. The summed E-state index contributed by atoms with van der Waals surface area (Å²) in [5.74, 6) is -1.45. The molecule has 0 aliphatic carbocycles. The van der Waals surface area contributed by atoms with E-state index in [1.54, 1.807) is 0 Å². The number of carbonyl (C=O) groups is 1. The number of pyridine rings is 1. The molecule has 1 atom stereocenters. The highest BCUT2D eigenvalue weighted by Gasteiger charge is 2.36. The van der Waals surface area contributed by atoms with Crippen LogP contribution in [-0.4, -0.2) is 34.5 Å². The van der Waals surface area contributed by atoms with Crippen LogP contribution in [-0.2, 0) is 10.9 Å². The Morgan fingerprint density at radius 3 is 2.72 bits per heavy atom. The number of carbonyl (C=O) groups excluding carboxylic acids is 1. The Morgan fingerprint density at radius 1 is 1.28 bits per heavy atom. The van der Waals surface area contributed by atoms with Crippen molar-refractivity contribution in [1.82, 2.24) is 14.7 Å². The van der Waals surface area contributed by atoms with Crippen molar-refractivity contribution < 1.29 is 27.1 Å². The van der Waals surface area contributed by atoms with Gasteiger partial charge >= 0.3 is 6.18 Å². The van der Waals surface area contributed by atoms with E-state index in [1.807, 2.05) is 0 Å². The molecule has 1 aliphatic rings. The van der Waals surface area contributed by atoms with Gasteiger partial charge in [0.2, 0.25) is 0 Å². The van der Waals surface area contributed by atoms with Gasteiger partial charge in [0, 0.05) is 23.9 Å². The minimum absolute atomic E-state index is 0.127. The lowest BCUT2D eigenvalue weighted by molar-refractivity contribution is -0.141.